The number of amides is 1. The number of carbonyl (C=O) groups is 1. The molecule has 1 amide bonds. The van der Waals surface area contributed by atoms with Gasteiger partial charge < -0.3 is 25.2 Å². The minimum Gasteiger partial charge on any atom is -0.394 e. The van der Waals surface area contributed by atoms with E-state index in [9.17, 15) is 23.4 Å². The summed E-state index contributed by atoms with van der Waals surface area (Å²) in [5.74, 6) is 1.00. The van der Waals surface area contributed by atoms with Crippen LogP contribution >= 0.6 is 0 Å². The third kappa shape index (κ3) is 5.40. The molecule has 38 heavy (non-hydrogen) atoms. The number of aliphatic imine (C=N–C) groups is 1. The summed E-state index contributed by atoms with van der Waals surface area (Å²) in [4.78, 5) is 17.7. The third-order valence-electron chi connectivity index (χ3n) is 8.48. The Hall–Kier alpha value is -2.31. The van der Waals surface area contributed by atoms with Gasteiger partial charge in [0.15, 0.2) is 0 Å². The van der Waals surface area contributed by atoms with Crippen molar-refractivity contribution in [3.8, 4) is 0 Å². The van der Waals surface area contributed by atoms with Crippen LogP contribution < -0.4 is 5.32 Å². The first-order valence-electron chi connectivity index (χ1n) is 13.7. The molecule has 2 aromatic rings. The summed E-state index contributed by atoms with van der Waals surface area (Å²) in [5, 5.41) is 32.8. The van der Waals surface area contributed by atoms with E-state index in [4.69, 9.17) is 10.1 Å². The van der Waals surface area contributed by atoms with Crippen molar-refractivity contribution < 1.29 is 28.5 Å². The lowest BCUT2D eigenvalue weighted by Gasteiger charge is -2.34. The highest BCUT2D eigenvalue weighted by Gasteiger charge is 2.48. The fourth-order valence-corrected chi connectivity index (χ4v) is 7.54. The van der Waals surface area contributed by atoms with Crippen LogP contribution in [0.4, 0.5) is 0 Å². The number of aliphatic hydroxyl groups excluding tert-OH is 3. The molecule has 2 atom stereocenters. The number of rotatable bonds is 9. The van der Waals surface area contributed by atoms with Gasteiger partial charge in [0.1, 0.15) is 17.5 Å². The lowest BCUT2D eigenvalue weighted by Crippen LogP contribution is -2.51. The van der Waals surface area contributed by atoms with Crippen LogP contribution in [0.5, 0.6) is 0 Å². The monoisotopic (exact) mass is 546 g/mol. The van der Waals surface area contributed by atoms with Crippen LogP contribution in [0.3, 0.4) is 0 Å². The number of nitrogens with zero attached hydrogens (tertiary/aromatic N) is 3. The summed E-state index contributed by atoms with van der Waals surface area (Å²) in [6, 6.07) is 7.50. The molecule has 1 saturated heterocycles. The van der Waals surface area contributed by atoms with Gasteiger partial charge in [0.25, 0.3) is 5.91 Å². The third-order valence-corrected chi connectivity index (χ3v) is 10.4. The molecular weight excluding hydrogens is 508 g/mol. The highest BCUT2D eigenvalue weighted by molar-refractivity contribution is 7.89. The highest BCUT2D eigenvalue weighted by atomic mass is 32.2. The molecule has 3 heterocycles. The zero-order valence-electron chi connectivity index (χ0n) is 21.6. The number of amidine groups is 1. The fourth-order valence-electron chi connectivity index (χ4n) is 6.06. The number of benzene rings is 1. The van der Waals surface area contributed by atoms with Gasteiger partial charge >= 0.3 is 0 Å². The molecule has 1 aliphatic carbocycles. The lowest BCUT2D eigenvalue weighted by atomic mass is 9.88. The van der Waals surface area contributed by atoms with Crippen molar-refractivity contribution in [2.45, 2.75) is 75.7 Å². The van der Waals surface area contributed by atoms with E-state index in [0.29, 0.717) is 25.2 Å². The normalized spacial score (nSPS) is 22.5. The molecule has 208 valence electrons. The molecule has 0 bridgehead atoms. The molecule has 11 heteroatoms. The van der Waals surface area contributed by atoms with Gasteiger partial charge in [-0.1, -0.05) is 31.4 Å². The standard InChI is InChI=1S/C27H38N4O6S/c32-18-24(34)23(33)17-30-13-9-21-19(7-4-8-22(21)30)10-16-38(36,37)31-14-11-27(12-15-31)26(35)28-25(29-27)20-5-2-1-3-6-20/h4,7-9,13,20,23-24,32-34H,1-3,5-6,10-12,14-18H2,(H,28,29,35)/t23-,24-/m0/s1. The summed E-state index contributed by atoms with van der Waals surface area (Å²) in [5.41, 5.74) is 0.872. The highest BCUT2D eigenvalue weighted by Crippen LogP contribution is 2.35. The smallest absolute Gasteiger partial charge is 0.253 e. The van der Waals surface area contributed by atoms with Crippen LogP contribution in [0, 0.1) is 5.92 Å². The number of hydrogen-bond acceptors (Lipinski definition) is 7. The molecule has 0 radical (unpaired) electrons. The largest absolute Gasteiger partial charge is 0.394 e. The minimum absolute atomic E-state index is 0.0427. The summed E-state index contributed by atoms with van der Waals surface area (Å²) in [6.45, 7) is 0.145. The molecule has 2 aliphatic heterocycles. The van der Waals surface area contributed by atoms with Crippen molar-refractivity contribution in [2.75, 3.05) is 25.4 Å². The molecule has 5 rings (SSSR count). The van der Waals surface area contributed by atoms with Crippen molar-refractivity contribution in [1.82, 2.24) is 14.2 Å². The second-order valence-electron chi connectivity index (χ2n) is 10.9. The van der Waals surface area contributed by atoms with Crippen molar-refractivity contribution in [2.24, 2.45) is 10.9 Å². The van der Waals surface area contributed by atoms with E-state index in [2.05, 4.69) is 5.32 Å². The summed E-state index contributed by atoms with van der Waals surface area (Å²) >= 11 is 0. The number of fused-ring (bicyclic) bond motifs is 1. The first-order valence-corrected chi connectivity index (χ1v) is 15.3. The van der Waals surface area contributed by atoms with Gasteiger partial charge in [-0.25, -0.2) is 12.7 Å². The minimum atomic E-state index is -3.53. The van der Waals surface area contributed by atoms with Crippen LogP contribution in [0.1, 0.15) is 50.5 Å². The Morgan fingerprint density at radius 3 is 2.53 bits per heavy atom. The van der Waals surface area contributed by atoms with Crippen molar-refractivity contribution in [3.05, 3.63) is 36.0 Å². The van der Waals surface area contributed by atoms with Crippen LogP contribution in [-0.4, -0.2) is 87.5 Å². The quantitative estimate of drug-likeness (QED) is 0.372. The van der Waals surface area contributed by atoms with E-state index >= 15 is 0 Å². The summed E-state index contributed by atoms with van der Waals surface area (Å²) in [7, 11) is -3.53. The van der Waals surface area contributed by atoms with E-state index in [1.165, 1.54) is 10.7 Å². The number of hydrogen-bond donors (Lipinski definition) is 4. The molecule has 0 unspecified atom stereocenters. The SMILES string of the molecule is O=C1NC(C2CCCCC2)=NC12CCN(S(=O)(=O)CCc1cccc3c1ccn3C[C@H](O)[C@@H](O)CO)CC2. The topological polar surface area (TPSA) is 144 Å². The van der Waals surface area contributed by atoms with Gasteiger partial charge in [0.2, 0.25) is 10.0 Å². The van der Waals surface area contributed by atoms with Crippen molar-refractivity contribution >= 4 is 32.7 Å². The van der Waals surface area contributed by atoms with E-state index in [1.807, 2.05) is 24.3 Å². The van der Waals surface area contributed by atoms with Gasteiger partial charge in [-0.2, -0.15) is 0 Å². The second-order valence-corrected chi connectivity index (χ2v) is 13.0. The average molecular weight is 547 g/mol. The lowest BCUT2D eigenvalue weighted by molar-refractivity contribution is -0.125. The average Bonchev–Trinajstić information content (AvgIpc) is 3.48. The number of nitrogens with one attached hydrogen (secondary N) is 1. The van der Waals surface area contributed by atoms with E-state index in [-0.39, 0.29) is 31.3 Å². The molecule has 1 spiro atoms. The van der Waals surface area contributed by atoms with E-state index in [1.54, 1.807) is 10.8 Å². The van der Waals surface area contributed by atoms with Gasteiger partial charge in [-0.05, 0) is 49.8 Å². The summed E-state index contributed by atoms with van der Waals surface area (Å²) in [6.07, 6.45) is 6.21. The molecule has 3 aliphatic rings. The number of sulfonamides is 1. The Morgan fingerprint density at radius 1 is 1.08 bits per heavy atom. The zero-order valence-corrected chi connectivity index (χ0v) is 22.4. The number of aliphatic hydroxyl groups is 3. The van der Waals surface area contributed by atoms with Crippen LogP contribution in [0.2, 0.25) is 0 Å². The maximum absolute atomic E-state index is 13.3. The van der Waals surface area contributed by atoms with Gasteiger partial charge in [-0.15, -0.1) is 0 Å². The number of carbonyl (C=O) groups excluding carboxylic acids is 1. The molecule has 1 aromatic heterocycles. The molecule has 2 fully saturated rings. The van der Waals surface area contributed by atoms with Gasteiger partial charge in [0, 0.05) is 36.1 Å². The predicted molar refractivity (Wildman–Crippen MR) is 144 cm³/mol. The van der Waals surface area contributed by atoms with Crippen molar-refractivity contribution in [1.29, 1.82) is 0 Å². The first kappa shape index (κ1) is 27.3. The Balaban J connectivity index is 1.22. The molecule has 10 nitrogen and oxygen atoms in total. The van der Waals surface area contributed by atoms with Crippen LogP contribution in [0.15, 0.2) is 35.5 Å². The van der Waals surface area contributed by atoms with E-state index < -0.39 is 34.4 Å². The van der Waals surface area contributed by atoms with Crippen molar-refractivity contribution in [3.63, 3.8) is 0 Å². The fraction of sp³-hybridized carbons (Fsp3) is 0.630. The number of aromatic nitrogens is 1. The Labute approximate surface area is 223 Å². The maximum atomic E-state index is 13.3. The van der Waals surface area contributed by atoms with Gasteiger partial charge in [-0.3, -0.25) is 9.79 Å². The number of piperidine rings is 1. The van der Waals surface area contributed by atoms with Gasteiger partial charge in [0.05, 0.1) is 25.0 Å². The number of aryl methyl sites for hydroxylation is 1. The van der Waals surface area contributed by atoms with Crippen LogP contribution in [0.25, 0.3) is 10.9 Å². The Kier molecular flexibility index (Phi) is 7.93. The second kappa shape index (κ2) is 11.1. The summed E-state index contributed by atoms with van der Waals surface area (Å²) < 4.78 is 29.8. The first-order chi connectivity index (χ1) is 18.2. The predicted octanol–water partition coefficient (Wildman–Crippen LogP) is 1.17. The van der Waals surface area contributed by atoms with E-state index in [0.717, 1.165) is 48.0 Å². The Bertz CT molecular complexity index is 1290. The Morgan fingerprint density at radius 2 is 1.82 bits per heavy atom. The molecular formula is C27H38N4O6S. The molecule has 1 saturated carbocycles. The zero-order chi connectivity index (χ0) is 26.9. The van der Waals surface area contributed by atoms with Crippen LogP contribution in [-0.2, 0) is 27.8 Å². The molecule has 1 aromatic carbocycles. The molecule has 4 N–H and O–H groups in total. The maximum Gasteiger partial charge on any atom is 0.253 e.